The van der Waals surface area contributed by atoms with Crippen LogP contribution in [-0.4, -0.2) is 18.0 Å². The summed E-state index contributed by atoms with van der Waals surface area (Å²) in [6.45, 7) is 0. The van der Waals surface area contributed by atoms with E-state index < -0.39 is 0 Å². The summed E-state index contributed by atoms with van der Waals surface area (Å²) in [6.07, 6.45) is 2.45. The van der Waals surface area contributed by atoms with E-state index in [9.17, 15) is 4.79 Å². The molecule has 0 aliphatic carbocycles. The molecule has 5 nitrogen and oxygen atoms in total. The number of para-hydroxylation sites is 1. The van der Waals surface area contributed by atoms with Crippen molar-refractivity contribution >= 4 is 22.4 Å². The Morgan fingerprint density at radius 2 is 2.00 bits per heavy atom. The van der Waals surface area contributed by atoms with Gasteiger partial charge in [-0.2, -0.15) is 5.26 Å². The smallest absolute Gasteiger partial charge is 0.261 e. The van der Waals surface area contributed by atoms with Gasteiger partial charge in [0.25, 0.3) is 5.91 Å². The van der Waals surface area contributed by atoms with Gasteiger partial charge in [-0.05, 0) is 29.8 Å². The predicted molar refractivity (Wildman–Crippen MR) is 97.0 cm³/mol. The number of nitriles is 1. The van der Waals surface area contributed by atoms with Crippen LogP contribution in [-0.2, 0) is 6.42 Å². The van der Waals surface area contributed by atoms with E-state index in [0.29, 0.717) is 28.4 Å². The fraction of sp³-hybridized carbons (Fsp3) is 0.105. The van der Waals surface area contributed by atoms with Gasteiger partial charge in [0, 0.05) is 17.5 Å². The molecule has 3 rings (SSSR count). The number of carbonyl (C=O) groups excluding carboxylic acids is 1. The summed E-state index contributed by atoms with van der Waals surface area (Å²) in [5.74, 6) is 0.270. The van der Waals surface area contributed by atoms with E-state index in [2.05, 4.69) is 16.4 Å². The van der Waals surface area contributed by atoms with E-state index in [4.69, 9.17) is 10.00 Å². The van der Waals surface area contributed by atoms with Crippen LogP contribution < -0.4 is 10.1 Å². The first-order valence-electron chi connectivity index (χ1n) is 7.57. The number of carbonyl (C=O) groups is 1. The number of nitrogens with one attached hydrogen (secondary N) is 1. The fourth-order valence-electron chi connectivity index (χ4n) is 2.34. The fourth-order valence-corrected chi connectivity index (χ4v) is 3.18. The minimum Gasteiger partial charge on any atom is -0.496 e. The third-order valence-electron chi connectivity index (χ3n) is 3.59. The Hall–Kier alpha value is -3.17. The van der Waals surface area contributed by atoms with Gasteiger partial charge >= 0.3 is 0 Å². The highest BCUT2D eigenvalue weighted by atomic mass is 32.1. The summed E-state index contributed by atoms with van der Waals surface area (Å²) in [7, 11) is 1.53. The molecule has 0 radical (unpaired) electrons. The highest BCUT2D eigenvalue weighted by molar-refractivity contribution is 7.15. The van der Waals surface area contributed by atoms with Gasteiger partial charge in [0.15, 0.2) is 5.13 Å². The quantitative estimate of drug-likeness (QED) is 0.759. The zero-order valence-electron chi connectivity index (χ0n) is 13.5. The third kappa shape index (κ3) is 4.03. The lowest BCUT2D eigenvalue weighted by Crippen LogP contribution is -2.12. The molecule has 3 aromatic rings. The van der Waals surface area contributed by atoms with Crippen molar-refractivity contribution in [3.05, 3.63) is 76.3 Å². The minimum absolute atomic E-state index is 0.253. The Balaban J connectivity index is 1.69. The van der Waals surface area contributed by atoms with Crippen molar-refractivity contribution in [1.82, 2.24) is 4.98 Å². The zero-order chi connectivity index (χ0) is 17.6. The first kappa shape index (κ1) is 16.7. The van der Waals surface area contributed by atoms with Gasteiger partial charge in [0.1, 0.15) is 5.75 Å². The number of hydrogen-bond donors (Lipinski definition) is 1. The van der Waals surface area contributed by atoms with Crippen molar-refractivity contribution < 1.29 is 9.53 Å². The third-order valence-corrected chi connectivity index (χ3v) is 4.50. The average molecular weight is 349 g/mol. The molecule has 1 amide bonds. The van der Waals surface area contributed by atoms with Gasteiger partial charge < -0.3 is 4.74 Å². The molecule has 0 spiro atoms. The van der Waals surface area contributed by atoms with Gasteiger partial charge in [-0.15, -0.1) is 11.3 Å². The van der Waals surface area contributed by atoms with E-state index in [1.54, 1.807) is 36.5 Å². The molecule has 1 aromatic heterocycles. The number of rotatable bonds is 5. The van der Waals surface area contributed by atoms with Crippen LogP contribution in [0.5, 0.6) is 5.75 Å². The van der Waals surface area contributed by atoms with Gasteiger partial charge in [-0.3, -0.25) is 10.1 Å². The number of nitrogens with zero attached hydrogens (tertiary/aromatic N) is 2. The number of benzene rings is 2. The van der Waals surface area contributed by atoms with Gasteiger partial charge in [0.05, 0.1) is 24.3 Å². The van der Waals surface area contributed by atoms with Crippen LogP contribution in [0.1, 0.15) is 26.4 Å². The van der Waals surface area contributed by atoms with Crippen LogP contribution >= 0.6 is 11.3 Å². The first-order valence-corrected chi connectivity index (χ1v) is 8.39. The second-order valence-corrected chi connectivity index (χ2v) is 6.39. The van der Waals surface area contributed by atoms with E-state index >= 15 is 0 Å². The molecule has 6 heteroatoms. The van der Waals surface area contributed by atoms with Crippen LogP contribution in [0.25, 0.3) is 0 Å². The number of hydrogen-bond acceptors (Lipinski definition) is 5. The van der Waals surface area contributed by atoms with Crippen LogP contribution in [0, 0.1) is 11.3 Å². The van der Waals surface area contributed by atoms with Crippen LogP contribution in [0.4, 0.5) is 5.13 Å². The summed E-state index contributed by atoms with van der Waals surface area (Å²) < 4.78 is 5.21. The Kier molecular flexibility index (Phi) is 5.07. The highest BCUT2D eigenvalue weighted by Gasteiger charge is 2.13. The number of ether oxygens (including phenoxy) is 1. The van der Waals surface area contributed by atoms with Crippen molar-refractivity contribution in [2.45, 2.75) is 6.42 Å². The van der Waals surface area contributed by atoms with Crippen LogP contribution in [0.3, 0.4) is 0 Å². The molecule has 0 saturated heterocycles. The highest BCUT2D eigenvalue weighted by Crippen LogP contribution is 2.24. The SMILES string of the molecule is COc1ccccc1C(=O)Nc1ncc(Cc2ccc(C#N)cc2)s1. The summed E-state index contributed by atoms with van der Waals surface area (Å²) in [5.41, 5.74) is 2.19. The number of methoxy groups -OCH3 is 1. The molecule has 0 aliphatic rings. The largest absolute Gasteiger partial charge is 0.496 e. The maximum atomic E-state index is 12.4. The van der Waals surface area contributed by atoms with Crippen molar-refractivity contribution in [3.63, 3.8) is 0 Å². The zero-order valence-corrected chi connectivity index (χ0v) is 14.3. The van der Waals surface area contributed by atoms with Crippen molar-refractivity contribution in [2.75, 3.05) is 12.4 Å². The lowest BCUT2D eigenvalue weighted by atomic mass is 10.1. The molecule has 0 unspecified atom stereocenters. The second kappa shape index (κ2) is 7.60. The van der Waals surface area contributed by atoms with E-state index in [-0.39, 0.29) is 5.91 Å². The molecule has 0 aliphatic heterocycles. The van der Waals surface area contributed by atoms with Gasteiger partial charge in [-0.25, -0.2) is 4.98 Å². The van der Waals surface area contributed by atoms with Crippen LogP contribution in [0.2, 0.25) is 0 Å². The molecule has 1 N–H and O–H groups in total. The lowest BCUT2D eigenvalue weighted by molar-refractivity contribution is 0.102. The molecular weight excluding hydrogens is 334 g/mol. The lowest BCUT2D eigenvalue weighted by Gasteiger charge is -2.06. The Morgan fingerprint density at radius 3 is 2.72 bits per heavy atom. The molecule has 0 bridgehead atoms. The summed E-state index contributed by atoms with van der Waals surface area (Å²) in [6, 6.07) is 16.6. The maximum absolute atomic E-state index is 12.4. The van der Waals surface area contributed by atoms with Crippen molar-refractivity contribution in [1.29, 1.82) is 5.26 Å². The monoisotopic (exact) mass is 349 g/mol. The topological polar surface area (TPSA) is 75.0 Å². The molecule has 25 heavy (non-hydrogen) atoms. The van der Waals surface area contributed by atoms with Gasteiger partial charge in [-0.1, -0.05) is 24.3 Å². The van der Waals surface area contributed by atoms with E-state index in [1.807, 2.05) is 18.2 Å². The molecule has 2 aromatic carbocycles. The minimum atomic E-state index is -0.253. The predicted octanol–water partition coefficient (Wildman–Crippen LogP) is 3.87. The standard InChI is InChI=1S/C19H15N3O2S/c1-24-17-5-3-2-4-16(17)18(23)22-19-21-12-15(25-19)10-13-6-8-14(11-20)9-7-13/h2-9,12H,10H2,1H3,(H,21,22,23). The van der Waals surface area contributed by atoms with Crippen molar-refractivity contribution in [2.24, 2.45) is 0 Å². The van der Waals surface area contributed by atoms with Crippen LogP contribution in [0.15, 0.2) is 54.7 Å². The Morgan fingerprint density at radius 1 is 1.24 bits per heavy atom. The molecular formula is C19H15N3O2S. The maximum Gasteiger partial charge on any atom is 0.261 e. The summed E-state index contributed by atoms with van der Waals surface area (Å²) in [5, 5.41) is 12.2. The van der Waals surface area contributed by atoms with Gasteiger partial charge in [0.2, 0.25) is 0 Å². The van der Waals surface area contributed by atoms with Crippen molar-refractivity contribution in [3.8, 4) is 11.8 Å². The number of thiazole rings is 1. The Labute approximate surface area is 149 Å². The molecule has 0 saturated carbocycles. The number of aromatic nitrogens is 1. The summed E-state index contributed by atoms with van der Waals surface area (Å²) >= 11 is 1.43. The number of anilines is 1. The number of amides is 1. The van der Waals surface area contributed by atoms with E-state index in [1.165, 1.54) is 18.4 Å². The average Bonchev–Trinajstić information content (AvgIpc) is 3.09. The molecule has 0 atom stereocenters. The molecule has 124 valence electrons. The molecule has 1 heterocycles. The molecule has 0 fully saturated rings. The first-order chi connectivity index (χ1) is 12.2. The second-order valence-electron chi connectivity index (χ2n) is 5.27. The normalized spacial score (nSPS) is 10.1. The van der Waals surface area contributed by atoms with E-state index in [0.717, 1.165) is 10.4 Å². The summed E-state index contributed by atoms with van der Waals surface area (Å²) in [4.78, 5) is 17.7. The Bertz CT molecular complexity index is 926.